The van der Waals surface area contributed by atoms with Crippen LogP contribution in [-0.2, 0) is 10.0 Å². The first-order valence-corrected chi connectivity index (χ1v) is 12.0. The molecular formula is C22H34N2O4S. The number of ether oxygens (including phenoxy) is 1. The van der Waals surface area contributed by atoms with Crippen LogP contribution < -0.4 is 10.1 Å². The fourth-order valence-corrected chi connectivity index (χ4v) is 7.03. The number of hydrogen-bond donors (Lipinski definition) is 1. The van der Waals surface area contributed by atoms with E-state index in [9.17, 15) is 13.2 Å². The molecule has 29 heavy (non-hydrogen) atoms. The highest BCUT2D eigenvalue weighted by atomic mass is 32.2. The lowest BCUT2D eigenvalue weighted by atomic mass is 9.69. The molecule has 0 aromatic heterocycles. The highest BCUT2D eigenvalue weighted by molar-refractivity contribution is 7.89. The number of fused-ring (bicyclic) bond motifs is 2. The molecule has 2 saturated carbocycles. The molecule has 0 heterocycles. The van der Waals surface area contributed by atoms with Crippen molar-refractivity contribution >= 4 is 15.9 Å². The molecule has 1 amide bonds. The standard InChI is InChI=1S/C22H34N2O4S/c1-7-24(8-2)29(26,27)18-13-15(9-10-17(18)28-6)20(25)23-19-14-16-11-12-22(19,5)21(16,3)4/h9-10,13,16,19H,7-8,11-12,14H2,1-6H3,(H,23,25). The first kappa shape index (κ1) is 22.1. The maximum Gasteiger partial charge on any atom is 0.251 e. The van der Waals surface area contributed by atoms with Gasteiger partial charge < -0.3 is 10.1 Å². The van der Waals surface area contributed by atoms with E-state index in [2.05, 4.69) is 26.1 Å². The number of methoxy groups -OCH3 is 1. The molecular weight excluding hydrogens is 388 g/mol. The largest absolute Gasteiger partial charge is 0.495 e. The van der Waals surface area contributed by atoms with E-state index >= 15 is 0 Å². The zero-order valence-electron chi connectivity index (χ0n) is 18.4. The zero-order valence-corrected chi connectivity index (χ0v) is 19.2. The minimum Gasteiger partial charge on any atom is -0.495 e. The highest BCUT2D eigenvalue weighted by Crippen LogP contribution is 2.65. The Bertz CT molecular complexity index is 892. The van der Waals surface area contributed by atoms with Crippen LogP contribution in [0.1, 0.15) is 64.2 Å². The lowest BCUT2D eigenvalue weighted by Gasteiger charge is -2.39. The molecule has 6 nitrogen and oxygen atoms in total. The summed E-state index contributed by atoms with van der Waals surface area (Å²) in [6, 6.07) is 4.75. The molecule has 1 aromatic carbocycles. The van der Waals surface area contributed by atoms with E-state index in [-0.39, 0.29) is 33.4 Å². The minimum atomic E-state index is -3.74. The van der Waals surface area contributed by atoms with Gasteiger partial charge in [0.05, 0.1) is 7.11 Å². The maximum atomic E-state index is 13.1. The van der Waals surface area contributed by atoms with Crippen molar-refractivity contribution < 1.29 is 17.9 Å². The van der Waals surface area contributed by atoms with E-state index in [1.807, 2.05) is 0 Å². The summed E-state index contributed by atoms with van der Waals surface area (Å²) in [6.07, 6.45) is 3.31. The highest BCUT2D eigenvalue weighted by Gasteiger charge is 2.61. The third kappa shape index (κ3) is 3.36. The van der Waals surface area contributed by atoms with Gasteiger partial charge in [-0.15, -0.1) is 0 Å². The number of hydrogen-bond acceptors (Lipinski definition) is 4. The van der Waals surface area contributed by atoms with Gasteiger partial charge in [0.15, 0.2) is 0 Å². The van der Waals surface area contributed by atoms with Gasteiger partial charge >= 0.3 is 0 Å². The molecule has 0 spiro atoms. The number of benzene rings is 1. The van der Waals surface area contributed by atoms with E-state index in [4.69, 9.17) is 4.74 Å². The third-order valence-corrected chi connectivity index (χ3v) is 9.92. The second kappa shape index (κ2) is 7.58. The minimum absolute atomic E-state index is 0.0378. The molecule has 2 bridgehead atoms. The van der Waals surface area contributed by atoms with Crippen LogP contribution in [0.5, 0.6) is 5.75 Å². The Balaban J connectivity index is 1.90. The van der Waals surface area contributed by atoms with Crippen LogP contribution in [0, 0.1) is 16.7 Å². The normalized spacial score (nSPS) is 28.0. The molecule has 7 heteroatoms. The molecule has 3 rings (SSSR count). The van der Waals surface area contributed by atoms with E-state index in [1.54, 1.807) is 26.0 Å². The molecule has 2 aliphatic carbocycles. The predicted octanol–water partition coefficient (Wildman–Crippen LogP) is 3.67. The summed E-state index contributed by atoms with van der Waals surface area (Å²) in [4.78, 5) is 13.1. The van der Waals surface area contributed by atoms with Gasteiger partial charge in [-0.1, -0.05) is 34.6 Å². The number of rotatable bonds is 7. The van der Waals surface area contributed by atoms with Crippen molar-refractivity contribution in [2.75, 3.05) is 20.2 Å². The zero-order chi connectivity index (χ0) is 21.6. The summed E-state index contributed by atoms with van der Waals surface area (Å²) in [7, 11) is -2.30. The molecule has 1 aromatic rings. The lowest BCUT2D eigenvalue weighted by Crippen LogP contribution is -2.46. The van der Waals surface area contributed by atoms with E-state index in [1.165, 1.54) is 23.9 Å². The van der Waals surface area contributed by atoms with Gasteiger partial charge in [0.25, 0.3) is 5.91 Å². The number of carbonyl (C=O) groups excluding carboxylic acids is 1. The summed E-state index contributed by atoms with van der Waals surface area (Å²) < 4.78 is 32.7. The van der Waals surface area contributed by atoms with Gasteiger partial charge in [0.1, 0.15) is 10.6 Å². The fourth-order valence-electron chi connectivity index (χ4n) is 5.39. The number of nitrogens with one attached hydrogen (secondary N) is 1. The summed E-state index contributed by atoms with van der Waals surface area (Å²) >= 11 is 0. The summed E-state index contributed by atoms with van der Waals surface area (Å²) in [6.45, 7) is 11.2. The van der Waals surface area contributed by atoms with E-state index < -0.39 is 10.0 Å². The lowest BCUT2D eigenvalue weighted by molar-refractivity contribution is 0.0826. The molecule has 0 radical (unpaired) electrons. The van der Waals surface area contributed by atoms with Crippen LogP contribution in [0.25, 0.3) is 0 Å². The van der Waals surface area contributed by atoms with Gasteiger partial charge in [-0.05, 0) is 54.2 Å². The van der Waals surface area contributed by atoms with Crippen LogP contribution in [0.2, 0.25) is 0 Å². The Kier molecular flexibility index (Phi) is 5.78. The molecule has 2 aliphatic rings. The van der Waals surface area contributed by atoms with Crippen LogP contribution in [0.15, 0.2) is 23.1 Å². The molecule has 3 unspecified atom stereocenters. The first-order valence-electron chi connectivity index (χ1n) is 10.5. The van der Waals surface area contributed by atoms with Crippen molar-refractivity contribution in [1.29, 1.82) is 0 Å². The summed E-state index contributed by atoms with van der Waals surface area (Å²) in [5.74, 6) is 0.645. The monoisotopic (exact) mass is 422 g/mol. The van der Waals surface area contributed by atoms with Gasteiger partial charge in [-0.2, -0.15) is 4.31 Å². The summed E-state index contributed by atoms with van der Waals surface area (Å²) in [5.41, 5.74) is 0.610. The van der Waals surface area contributed by atoms with Gasteiger partial charge in [0.2, 0.25) is 10.0 Å². The number of nitrogens with zero attached hydrogens (tertiary/aromatic N) is 1. The van der Waals surface area contributed by atoms with Gasteiger partial charge in [0, 0.05) is 24.7 Å². The molecule has 0 aliphatic heterocycles. The van der Waals surface area contributed by atoms with Crippen molar-refractivity contribution in [2.24, 2.45) is 16.7 Å². The molecule has 162 valence electrons. The smallest absolute Gasteiger partial charge is 0.251 e. The fraction of sp³-hybridized carbons (Fsp3) is 0.682. The van der Waals surface area contributed by atoms with Crippen molar-refractivity contribution in [3.63, 3.8) is 0 Å². The summed E-state index contributed by atoms with van der Waals surface area (Å²) in [5, 5.41) is 3.21. The molecule has 3 atom stereocenters. The van der Waals surface area contributed by atoms with Crippen molar-refractivity contribution in [2.45, 2.75) is 64.8 Å². The first-order chi connectivity index (χ1) is 13.5. The second-order valence-corrected chi connectivity index (χ2v) is 11.0. The number of amides is 1. The molecule has 2 fully saturated rings. The van der Waals surface area contributed by atoms with Gasteiger partial charge in [-0.3, -0.25) is 4.79 Å². The average Bonchev–Trinajstić information content (AvgIpc) is 3.01. The Morgan fingerprint density at radius 1 is 1.24 bits per heavy atom. The van der Waals surface area contributed by atoms with Crippen LogP contribution >= 0.6 is 0 Å². The Labute approximate surface area is 175 Å². The molecule has 0 saturated heterocycles. The Morgan fingerprint density at radius 2 is 1.90 bits per heavy atom. The second-order valence-electron chi connectivity index (χ2n) is 9.09. The van der Waals surface area contributed by atoms with Crippen LogP contribution in [-0.4, -0.2) is 44.9 Å². The van der Waals surface area contributed by atoms with E-state index in [0.29, 0.717) is 24.6 Å². The van der Waals surface area contributed by atoms with Crippen LogP contribution in [0.3, 0.4) is 0 Å². The number of carbonyl (C=O) groups is 1. The maximum absolute atomic E-state index is 13.1. The Hall–Kier alpha value is -1.60. The van der Waals surface area contributed by atoms with Gasteiger partial charge in [-0.25, -0.2) is 8.42 Å². The van der Waals surface area contributed by atoms with Crippen molar-refractivity contribution in [3.05, 3.63) is 23.8 Å². The van der Waals surface area contributed by atoms with Crippen molar-refractivity contribution in [3.8, 4) is 5.75 Å². The number of sulfonamides is 1. The quantitative estimate of drug-likeness (QED) is 0.727. The third-order valence-electron chi connectivity index (χ3n) is 7.85. The topological polar surface area (TPSA) is 75.7 Å². The average molecular weight is 423 g/mol. The van der Waals surface area contributed by atoms with Crippen molar-refractivity contribution in [1.82, 2.24) is 9.62 Å². The van der Waals surface area contributed by atoms with E-state index in [0.717, 1.165) is 12.8 Å². The SMILES string of the molecule is CCN(CC)S(=O)(=O)c1cc(C(=O)NC2CC3CCC2(C)C3(C)C)ccc1OC. The Morgan fingerprint density at radius 3 is 2.38 bits per heavy atom. The predicted molar refractivity (Wildman–Crippen MR) is 114 cm³/mol. The molecule has 1 N–H and O–H groups in total. The van der Waals surface area contributed by atoms with Crippen LogP contribution in [0.4, 0.5) is 0 Å².